The van der Waals surface area contributed by atoms with Gasteiger partial charge in [0.15, 0.2) is 0 Å². The molecule has 0 N–H and O–H groups in total. The summed E-state index contributed by atoms with van der Waals surface area (Å²) in [6.45, 7) is 4.27. The monoisotopic (exact) mass is 328 g/mol. The van der Waals surface area contributed by atoms with Gasteiger partial charge in [0.25, 0.3) is 0 Å². The van der Waals surface area contributed by atoms with Gasteiger partial charge in [-0.05, 0) is 39.4 Å². The van der Waals surface area contributed by atoms with Crippen LogP contribution in [0.15, 0.2) is 10.5 Å². The molecule has 15 heavy (non-hydrogen) atoms. The summed E-state index contributed by atoms with van der Waals surface area (Å²) in [5, 5.41) is 1.31. The Labute approximate surface area is 114 Å². The zero-order valence-corrected chi connectivity index (χ0v) is 12.4. The zero-order valence-electron chi connectivity index (χ0n) is 8.58. The maximum atomic E-state index is 6.23. The van der Waals surface area contributed by atoms with Gasteiger partial charge >= 0.3 is 0 Å². The van der Waals surface area contributed by atoms with Crippen molar-refractivity contribution in [1.82, 2.24) is 0 Å². The molecule has 0 radical (unpaired) electrons. The molecule has 0 nitrogen and oxygen atoms in total. The predicted octanol–water partition coefficient (Wildman–Crippen LogP) is 6.01. The minimum atomic E-state index is 0.401. The highest BCUT2D eigenvalue weighted by Crippen LogP contribution is 2.40. The molecule has 0 saturated carbocycles. The van der Waals surface area contributed by atoms with Crippen LogP contribution in [-0.4, -0.2) is 0 Å². The molecule has 0 bridgehead atoms. The lowest BCUT2D eigenvalue weighted by Crippen LogP contribution is -1.96. The summed E-state index contributed by atoms with van der Waals surface area (Å²) < 4.78 is 0.749. The Balaban J connectivity index is 3.35. The van der Waals surface area contributed by atoms with E-state index in [2.05, 4.69) is 29.8 Å². The van der Waals surface area contributed by atoms with Crippen LogP contribution in [0.3, 0.4) is 0 Å². The smallest absolute Gasteiger partial charge is 0.0607 e. The molecule has 1 unspecified atom stereocenters. The number of benzene rings is 1. The maximum absolute atomic E-state index is 6.23. The first-order valence-electron chi connectivity index (χ1n) is 4.75. The second-order valence-electron chi connectivity index (χ2n) is 3.51. The second kappa shape index (κ2) is 5.77. The van der Waals surface area contributed by atoms with E-state index in [-0.39, 0.29) is 0 Å². The fourth-order valence-corrected chi connectivity index (χ4v) is 2.72. The number of halogens is 4. The molecule has 84 valence electrons. The van der Waals surface area contributed by atoms with E-state index < -0.39 is 0 Å². The van der Waals surface area contributed by atoms with Crippen molar-refractivity contribution >= 4 is 50.7 Å². The number of hydrogen-bond donors (Lipinski definition) is 0. The molecule has 1 aromatic rings. The molecule has 1 rings (SSSR count). The van der Waals surface area contributed by atoms with Crippen molar-refractivity contribution in [3.05, 3.63) is 31.7 Å². The highest BCUT2D eigenvalue weighted by molar-refractivity contribution is 9.10. The summed E-state index contributed by atoms with van der Waals surface area (Å²) in [6.07, 6.45) is 1.04. The van der Waals surface area contributed by atoms with Crippen LogP contribution in [0.2, 0.25) is 10.0 Å². The summed E-state index contributed by atoms with van der Waals surface area (Å²) >= 11 is 21.6. The molecular formula is C11H12BrCl3. The van der Waals surface area contributed by atoms with Crippen LogP contribution in [-0.2, 0) is 5.88 Å². The van der Waals surface area contributed by atoms with Gasteiger partial charge in [0.05, 0.1) is 14.5 Å². The van der Waals surface area contributed by atoms with Crippen molar-refractivity contribution in [2.75, 3.05) is 0 Å². The first-order chi connectivity index (χ1) is 7.02. The fraction of sp³-hybridized carbons (Fsp3) is 0.455. The maximum Gasteiger partial charge on any atom is 0.0607 e. The molecule has 0 aromatic heterocycles. The van der Waals surface area contributed by atoms with E-state index in [1.54, 1.807) is 0 Å². The van der Waals surface area contributed by atoms with E-state index in [4.69, 9.17) is 34.8 Å². The van der Waals surface area contributed by atoms with Crippen molar-refractivity contribution in [3.63, 3.8) is 0 Å². The molecule has 1 aromatic carbocycles. The summed E-state index contributed by atoms with van der Waals surface area (Å²) in [7, 11) is 0. The third kappa shape index (κ3) is 2.82. The molecule has 0 aliphatic rings. The van der Waals surface area contributed by atoms with Crippen LogP contribution in [0.1, 0.15) is 37.3 Å². The fourth-order valence-electron chi connectivity index (χ4n) is 1.35. The molecule has 0 saturated heterocycles. The predicted molar refractivity (Wildman–Crippen MR) is 72.4 cm³/mol. The van der Waals surface area contributed by atoms with Crippen LogP contribution < -0.4 is 0 Å². The van der Waals surface area contributed by atoms with Crippen LogP contribution >= 0.6 is 50.7 Å². The largest absolute Gasteiger partial charge is 0.121 e. The molecule has 4 heteroatoms. The Morgan fingerprint density at radius 1 is 1.33 bits per heavy atom. The van der Waals surface area contributed by atoms with Crippen LogP contribution in [0, 0.1) is 0 Å². The van der Waals surface area contributed by atoms with Gasteiger partial charge in [0.1, 0.15) is 0 Å². The molecule has 0 aliphatic carbocycles. The van der Waals surface area contributed by atoms with Crippen LogP contribution in [0.4, 0.5) is 0 Å². The van der Waals surface area contributed by atoms with Gasteiger partial charge in [-0.1, -0.05) is 43.1 Å². The topological polar surface area (TPSA) is 0 Å². The zero-order chi connectivity index (χ0) is 11.6. The van der Waals surface area contributed by atoms with Crippen molar-refractivity contribution in [1.29, 1.82) is 0 Å². The Bertz CT molecular complexity index is 363. The Kier molecular flexibility index (Phi) is 5.24. The average molecular weight is 330 g/mol. The standard InChI is InChI=1S/C11H12BrCl3/c1-3-6(2)8-4-7(5-13)10(14)9(12)11(8)15/h4,6H,3,5H2,1-2H3. The van der Waals surface area contributed by atoms with Crippen molar-refractivity contribution in [2.45, 2.75) is 32.1 Å². The van der Waals surface area contributed by atoms with E-state index in [0.717, 1.165) is 22.0 Å². The Hall–Kier alpha value is 0.570. The van der Waals surface area contributed by atoms with Gasteiger partial charge in [0, 0.05) is 5.88 Å². The van der Waals surface area contributed by atoms with Gasteiger partial charge in [-0.25, -0.2) is 0 Å². The van der Waals surface area contributed by atoms with E-state index in [1.165, 1.54) is 0 Å². The third-order valence-corrected chi connectivity index (χ3v) is 4.91. The number of alkyl halides is 1. The molecule has 1 atom stereocenters. The number of rotatable bonds is 3. The third-order valence-electron chi connectivity index (χ3n) is 2.54. The molecule has 0 spiro atoms. The quantitative estimate of drug-likeness (QED) is 0.470. The Morgan fingerprint density at radius 2 is 1.93 bits per heavy atom. The minimum Gasteiger partial charge on any atom is -0.121 e. The van der Waals surface area contributed by atoms with E-state index in [9.17, 15) is 0 Å². The van der Waals surface area contributed by atoms with Crippen molar-refractivity contribution in [3.8, 4) is 0 Å². The average Bonchev–Trinajstić information content (AvgIpc) is 2.25. The Morgan fingerprint density at radius 3 is 2.40 bits per heavy atom. The lowest BCUT2D eigenvalue weighted by atomic mass is 9.97. The molecular weight excluding hydrogens is 318 g/mol. The van der Waals surface area contributed by atoms with Gasteiger partial charge in [-0.3, -0.25) is 0 Å². The minimum absolute atomic E-state index is 0.401. The summed E-state index contributed by atoms with van der Waals surface area (Å²) in [5.74, 6) is 0.811. The van der Waals surface area contributed by atoms with E-state index in [0.29, 0.717) is 21.8 Å². The lowest BCUT2D eigenvalue weighted by molar-refractivity contribution is 0.732. The van der Waals surface area contributed by atoms with Crippen molar-refractivity contribution in [2.24, 2.45) is 0 Å². The van der Waals surface area contributed by atoms with Gasteiger partial charge in [-0.2, -0.15) is 0 Å². The summed E-state index contributed by atoms with van der Waals surface area (Å²) in [5.41, 5.74) is 2.02. The van der Waals surface area contributed by atoms with Crippen molar-refractivity contribution < 1.29 is 0 Å². The van der Waals surface area contributed by atoms with E-state index >= 15 is 0 Å². The SMILES string of the molecule is CCC(C)c1cc(CCl)c(Cl)c(Br)c1Cl. The van der Waals surface area contributed by atoms with Gasteiger partial charge in [0.2, 0.25) is 0 Å². The molecule has 0 fully saturated rings. The van der Waals surface area contributed by atoms with Crippen LogP contribution in [0.25, 0.3) is 0 Å². The summed E-state index contributed by atoms with van der Waals surface area (Å²) in [6, 6.07) is 2.00. The molecule has 0 heterocycles. The first kappa shape index (κ1) is 13.6. The molecule has 0 amide bonds. The lowest BCUT2D eigenvalue weighted by Gasteiger charge is -2.15. The second-order valence-corrected chi connectivity index (χ2v) is 5.33. The van der Waals surface area contributed by atoms with Gasteiger partial charge < -0.3 is 0 Å². The number of hydrogen-bond acceptors (Lipinski definition) is 0. The van der Waals surface area contributed by atoms with Crippen LogP contribution in [0.5, 0.6) is 0 Å². The normalized spacial score (nSPS) is 12.9. The van der Waals surface area contributed by atoms with E-state index in [1.807, 2.05) is 6.07 Å². The highest BCUT2D eigenvalue weighted by atomic mass is 79.9. The first-order valence-corrected chi connectivity index (χ1v) is 6.83. The summed E-state index contributed by atoms with van der Waals surface area (Å²) in [4.78, 5) is 0. The molecule has 0 aliphatic heterocycles. The van der Waals surface area contributed by atoms with Gasteiger partial charge in [-0.15, -0.1) is 11.6 Å². The highest BCUT2D eigenvalue weighted by Gasteiger charge is 2.16.